The molecule has 1 aliphatic rings. The third-order valence-electron chi connectivity index (χ3n) is 5.58. The van der Waals surface area contributed by atoms with Gasteiger partial charge in [-0.2, -0.15) is 0 Å². The molecule has 0 radical (unpaired) electrons. The number of rotatable bonds is 13. The van der Waals surface area contributed by atoms with Crippen molar-refractivity contribution in [2.24, 2.45) is 11.8 Å². The summed E-state index contributed by atoms with van der Waals surface area (Å²) in [7, 11) is 0. The predicted octanol–water partition coefficient (Wildman–Crippen LogP) is 4.82. The van der Waals surface area contributed by atoms with E-state index in [0.717, 1.165) is 18.8 Å². The van der Waals surface area contributed by atoms with E-state index in [1.807, 2.05) is 0 Å². The molecule has 3 heteroatoms. The van der Waals surface area contributed by atoms with Gasteiger partial charge in [0, 0.05) is 5.92 Å². The fourth-order valence-corrected chi connectivity index (χ4v) is 3.99. The molecule has 2 atom stereocenters. The van der Waals surface area contributed by atoms with E-state index in [1.165, 1.54) is 64.2 Å². The average molecular weight is 343 g/mol. The fourth-order valence-electron chi connectivity index (χ4n) is 3.99. The molecule has 3 nitrogen and oxygen atoms in total. The molecule has 1 rings (SSSR count). The van der Waals surface area contributed by atoms with Crippen LogP contribution >= 0.6 is 0 Å². The van der Waals surface area contributed by atoms with Gasteiger partial charge in [-0.1, -0.05) is 84.5 Å². The van der Waals surface area contributed by atoms with E-state index in [2.05, 4.69) is 13.8 Å². The highest BCUT2D eigenvalue weighted by atomic mass is 16.3. The monoisotopic (exact) mass is 342 g/mol. The average Bonchev–Trinajstić information content (AvgIpc) is 2.50. The first kappa shape index (κ1) is 21.9. The molecule has 24 heavy (non-hydrogen) atoms. The van der Waals surface area contributed by atoms with Gasteiger partial charge in [0.15, 0.2) is 0 Å². The van der Waals surface area contributed by atoms with E-state index in [0.29, 0.717) is 12.8 Å². The van der Waals surface area contributed by atoms with Gasteiger partial charge in [0.25, 0.3) is 0 Å². The molecule has 0 amide bonds. The van der Waals surface area contributed by atoms with Crippen LogP contribution in [0.25, 0.3) is 0 Å². The first-order chi connectivity index (χ1) is 11.5. The van der Waals surface area contributed by atoms with Crippen LogP contribution < -0.4 is 0 Å². The summed E-state index contributed by atoms with van der Waals surface area (Å²) in [5.41, 5.74) is 0. The van der Waals surface area contributed by atoms with Crippen molar-refractivity contribution in [3.8, 4) is 0 Å². The number of aliphatic hydroxyl groups is 3. The third-order valence-corrected chi connectivity index (χ3v) is 5.58. The van der Waals surface area contributed by atoms with Gasteiger partial charge in [-0.05, 0) is 25.2 Å². The quantitative estimate of drug-likeness (QED) is 0.421. The van der Waals surface area contributed by atoms with Crippen molar-refractivity contribution in [3.05, 3.63) is 0 Å². The van der Waals surface area contributed by atoms with Crippen LogP contribution in [0.1, 0.15) is 104 Å². The van der Waals surface area contributed by atoms with Gasteiger partial charge in [0.1, 0.15) is 0 Å². The Hall–Kier alpha value is -0.120. The maximum absolute atomic E-state index is 9.98. The lowest BCUT2D eigenvalue weighted by Gasteiger charge is -2.35. The summed E-state index contributed by atoms with van der Waals surface area (Å²) in [5.74, 6) is 0.824. The van der Waals surface area contributed by atoms with Crippen LogP contribution in [0.15, 0.2) is 0 Å². The summed E-state index contributed by atoms with van der Waals surface area (Å²) in [4.78, 5) is 0. The van der Waals surface area contributed by atoms with Crippen LogP contribution in [0.3, 0.4) is 0 Å². The van der Waals surface area contributed by atoms with Crippen LogP contribution in [-0.2, 0) is 0 Å². The lowest BCUT2D eigenvalue weighted by Crippen LogP contribution is -2.42. The Morgan fingerprint density at radius 2 is 1.08 bits per heavy atom. The van der Waals surface area contributed by atoms with Crippen molar-refractivity contribution in [3.63, 3.8) is 0 Å². The molecule has 0 aromatic rings. The van der Waals surface area contributed by atoms with Gasteiger partial charge in [-0.25, -0.2) is 0 Å². The molecule has 0 bridgehead atoms. The Morgan fingerprint density at radius 1 is 0.667 bits per heavy atom. The van der Waals surface area contributed by atoms with Crippen molar-refractivity contribution >= 4 is 0 Å². The Balaban J connectivity index is 1.87. The molecule has 144 valence electrons. The summed E-state index contributed by atoms with van der Waals surface area (Å²) in [5, 5.41) is 29.5. The second-order valence-electron chi connectivity index (χ2n) is 8.43. The summed E-state index contributed by atoms with van der Waals surface area (Å²) in [6, 6.07) is 0. The van der Waals surface area contributed by atoms with Gasteiger partial charge in [0.2, 0.25) is 0 Å². The zero-order valence-electron chi connectivity index (χ0n) is 16.1. The second-order valence-corrected chi connectivity index (χ2v) is 8.43. The highest BCUT2D eigenvalue weighted by Crippen LogP contribution is 2.29. The van der Waals surface area contributed by atoms with Gasteiger partial charge < -0.3 is 15.3 Å². The van der Waals surface area contributed by atoms with Crippen molar-refractivity contribution < 1.29 is 15.3 Å². The van der Waals surface area contributed by atoms with Gasteiger partial charge in [-0.3, -0.25) is 0 Å². The van der Waals surface area contributed by atoms with Crippen LogP contribution in [0.5, 0.6) is 0 Å². The minimum atomic E-state index is -0.531. The molecule has 0 heterocycles. The summed E-state index contributed by atoms with van der Waals surface area (Å²) in [6.07, 6.45) is 14.7. The molecular formula is C21H42O3. The van der Waals surface area contributed by atoms with Crippen molar-refractivity contribution in [2.75, 3.05) is 0 Å². The topological polar surface area (TPSA) is 60.7 Å². The van der Waals surface area contributed by atoms with E-state index in [-0.39, 0.29) is 5.92 Å². The number of aliphatic hydroxyl groups excluding tert-OH is 3. The zero-order valence-corrected chi connectivity index (χ0v) is 16.1. The molecule has 1 saturated carbocycles. The minimum absolute atomic E-state index is 0.0285. The Bertz CT molecular complexity index is 281. The molecular weight excluding hydrogens is 300 g/mol. The number of unbranched alkanes of at least 4 members (excludes halogenated alkanes) is 9. The molecule has 1 aliphatic carbocycles. The molecule has 2 unspecified atom stereocenters. The van der Waals surface area contributed by atoms with E-state index >= 15 is 0 Å². The molecule has 0 saturated heterocycles. The van der Waals surface area contributed by atoms with Crippen LogP contribution in [-0.4, -0.2) is 33.6 Å². The van der Waals surface area contributed by atoms with Crippen LogP contribution in [0, 0.1) is 11.8 Å². The standard InChI is InChI=1S/C21H42O3/c1-17(2)13-11-9-7-5-3-4-6-8-10-12-14-19-20(23)15-18(22)16-21(19)24/h17-24H,3-16H2,1-2H3. The van der Waals surface area contributed by atoms with Crippen LogP contribution in [0.2, 0.25) is 0 Å². The summed E-state index contributed by atoms with van der Waals surface area (Å²) < 4.78 is 0. The fraction of sp³-hybridized carbons (Fsp3) is 1.00. The lowest BCUT2D eigenvalue weighted by atomic mass is 9.79. The lowest BCUT2D eigenvalue weighted by molar-refractivity contribution is -0.0749. The van der Waals surface area contributed by atoms with E-state index in [9.17, 15) is 15.3 Å². The molecule has 0 spiro atoms. The van der Waals surface area contributed by atoms with Gasteiger partial charge >= 0.3 is 0 Å². The molecule has 0 aliphatic heterocycles. The van der Waals surface area contributed by atoms with E-state index in [1.54, 1.807) is 0 Å². The molecule has 1 fully saturated rings. The Kier molecular flexibility index (Phi) is 12.0. The normalized spacial score (nSPS) is 27.8. The summed E-state index contributed by atoms with van der Waals surface area (Å²) >= 11 is 0. The Labute approximate surface area is 149 Å². The highest BCUT2D eigenvalue weighted by molar-refractivity contribution is 4.85. The number of hydrogen-bond donors (Lipinski definition) is 3. The smallest absolute Gasteiger partial charge is 0.0617 e. The van der Waals surface area contributed by atoms with E-state index in [4.69, 9.17) is 0 Å². The Morgan fingerprint density at radius 3 is 1.54 bits per heavy atom. The number of hydrogen-bond acceptors (Lipinski definition) is 3. The first-order valence-corrected chi connectivity index (χ1v) is 10.5. The van der Waals surface area contributed by atoms with Crippen molar-refractivity contribution in [1.29, 1.82) is 0 Å². The maximum Gasteiger partial charge on any atom is 0.0617 e. The van der Waals surface area contributed by atoms with E-state index < -0.39 is 18.3 Å². The molecule has 0 aromatic heterocycles. The predicted molar refractivity (Wildman–Crippen MR) is 101 cm³/mol. The van der Waals surface area contributed by atoms with Gasteiger partial charge in [0.05, 0.1) is 18.3 Å². The van der Waals surface area contributed by atoms with Crippen LogP contribution in [0.4, 0.5) is 0 Å². The third kappa shape index (κ3) is 10.0. The first-order valence-electron chi connectivity index (χ1n) is 10.5. The second kappa shape index (κ2) is 13.1. The molecule has 0 aromatic carbocycles. The largest absolute Gasteiger partial charge is 0.393 e. The van der Waals surface area contributed by atoms with Crippen molar-refractivity contribution in [2.45, 2.75) is 122 Å². The summed E-state index contributed by atoms with van der Waals surface area (Å²) in [6.45, 7) is 4.61. The van der Waals surface area contributed by atoms with Crippen molar-refractivity contribution in [1.82, 2.24) is 0 Å². The zero-order chi connectivity index (χ0) is 17.8. The minimum Gasteiger partial charge on any atom is -0.393 e. The SMILES string of the molecule is CC(C)CCCCCCCCCCCCC1C(O)CC(O)CC1O. The molecule has 3 N–H and O–H groups in total. The highest BCUT2D eigenvalue weighted by Gasteiger charge is 2.34. The maximum atomic E-state index is 9.98. The van der Waals surface area contributed by atoms with Gasteiger partial charge in [-0.15, -0.1) is 0 Å².